The van der Waals surface area contributed by atoms with Crippen molar-refractivity contribution in [1.29, 1.82) is 0 Å². The second kappa shape index (κ2) is 11.3. The molecule has 0 bridgehead atoms. The Kier molecular flexibility index (Phi) is 6.47. The highest BCUT2D eigenvalue weighted by Gasteiger charge is 2.45. The third-order valence-electron chi connectivity index (χ3n) is 10.7. The minimum atomic E-state index is -0.454. The molecule has 1 heteroatoms. The van der Waals surface area contributed by atoms with Crippen molar-refractivity contribution in [1.82, 2.24) is 4.57 Å². The molecule has 1 aliphatic carbocycles. The quantitative estimate of drug-likeness (QED) is 0.177. The molecule has 9 aromatic rings. The number of fused-ring (bicyclic) bond motifs is 6. The van der Waals surface area contributed by atoms with E-state index in [0.717, 1.165) is 5.69 Å². The molecule has 0 atom stereocenters. The van der Waals surface area contributed by atoms with Gasteiger partial charge in [-0.2, -0.15) is 0 Å². The molecule has 234 valence electrons. The van der Waals surface area contributed by atoms with Gasteiger partial charge >= 0.3 is 0 Å². The van der Waals surface area contributed by atoms with Gasteiger partial charge in [0, 0.05) is 16.5 Å². The van der Waals surface area contributed by atoms with Crippen LogP contribution in [0.3, 0.4) is 0 Å². The second-order valence-corrected chi connectivity index (χ2v) is 13.3. The lowest BCUT2D eigenvalue weighted by Crippen LogP contribution is -2.28. The summed E-state index contributed by atoms with van der Waals surface area (Å²) in [4.78, 5) is 0. The van der Waals surface area contributed by atoms with Gasteiger partial charge in [-0.3, -0.25) is 0 Å². The van der Waals surface area contributed by atoms with E-state index in [4.69, 9.17) is 0 Å². The molecule has 0 N–H and O–H groups in total. The fourth-order valence-corrected chi connectivity index (χ4v) is 8.51. The summed E-state index contributed by atoms with van der Waals surface area (Å²) in [5, 5.41) is 2.50. The molecule has 0 amide bonds. The van der Waals surface area contributed by atoms with Crippen molar-refractivity contribution in [2.75, 3.05) is 0 Å². The maximum Gasteiger partial charge on any atom is 0.0714 e. The molecule has 8 aromatic carbocycles. The molecule has 10 rings (SSSR count). The van der Waals surface area contributed by atoms with Gasteiger partial charge in [0.25, 0.3) is 0 Å². The first-order valence-electron chi connectivity index (χ1n) is 17.4. The Hall–Kier alpha value is -6.44. The lowest BCUT2D eigenvalue weighted by Gasteiger charge is -2.34. The molecule has 0 saturated heterocycles. The number of benzene rings is 8. The van der Waals surface area contributed by atoms with E-state index in [1.165, 1.54) is 77.4 Å². The summed E-state index contributed by atoms with van der Waals surface area (Å²) in [6.07, 6.45) is 0. The van der Waals surface area contributed by atoms with E-state index in [-0.39, 0.29) is 0 Å². The van der Waals surface area contributed by atoms with Gasteiger partial charge in [0.1, 0.15) is 0 Å². The molecule has 1 heterocycles. The van der Waals surface area contributed by atoms with Crippen LogP contribution < -0.4 is 0 Å². The Morgan fingerprint density at radius 2 is 0.780 bits per heavy atom. The van der Waals surface area contributed by atoms with Gasteiger partial charge in [0.05, 0.1) is 16.4 Å². The Morgan fingerprint density at radius 3 is 1.32 bits per heavy atom. The average molecular weight is 636 g/mol. The van der Waals surface area contributed by atoms with E-state index in [9.17, 15) is 0 Å². The smallest absolute Gasteiger partial charge is 0.0714 e. The van der Waals surface area contributed by atoms with Crippen LogP contribution in [0.1, 0.15) is 22.3 Å². The molecule has 1 nitrogen and oxygen atoms in total. The lowest BCUT2D eigenvalue weighted by molar-refractivity contribution is 0.767. The lowest BCUT2D eigenvalue weighted by atomic mass is 9.67. The van der Waals surface area contributed by atoms with Gasteiger partial charge in [-0.15, -0.1) is 0 Å². The van der Waals surface area contributed by atoms with Crippen molar-refractivity contribution in [3.8, 4) is 39.1 Å². The fourth-order valence-electron chi connectivity index (χ4n) is 8.51. The van der Waals surface area contributed by atoms with Crippen molar-refractivity contribution in [3.63, 3.8) is 0 Å². The van der Waals surface area contributed by atoms with Gasteiger partial charge in [-0.1, -0.05) is 164 Å². The summed E-state index contributed by atoms with van der Waals surface area (Å²) < 4.78 is 2.46. The van der Waals surface area contributed by atoms with Crippen molar-refractivity contribution in [2.24, 2.45) is 0 Å². The zero-order valence-electron chi connectivity index (χ0n) is 27.5. The number of nitrogens with zero attached hydrogens (tertiary/aromatic N) is 1. The van der Waals surface area contributed by atoms with Gasteiger partial charge in [-0.25, -0.2) is 0 Å². The molecule has 0 saturated carbocycles. The number of hydrogen-bond acceptors (Lipinski definition) is 0. The van der Waals surface area contributed by atoms with Gasteiger partial charge < -0.3 is 4.57 Å². The predicted molar refractivity (Wildman–Crippen MR) is 209 cm³/mol. The zero-order valence-corrected chi connectivity index (χ0v) is 27.5. The highest BCUT2D eigenvalue weighted by molar-refractivity contribution is 6.11. The molecule has 0 unspecified atom stereocenters. The van der Waals surface area contributed by atoms with Crippen LogP contribution in [-0.2, 0) is 5.41 Å². The Labute approximate surface area is 292 Å². The van der Waals surface area contributed by atoms with Gasteiger partial charge in [0.15, 0.2) is 0 Å². The average Bonchev–Trinajstić information content (AvgIpc) is 3.69. The van der Waals surface area contributed by atoms with Crippen LogP contribution in [0, 0.1) is 0 Å². The summed E-state index contributed by atoms with van der Waals surface area (Å²) in [5.74, 6) is 0. The Bertz CT molecular complexity index is 2540. The van der Waals surface area contributed by atoms with E-state index >= 15 is 0 Å². The highest BCUT2D eigenvalue weighted by Crippen LogP contribution is 2.56. The summed E-state index contributed by atoms with van der Waals surface area (Å²) in [5.41, 5.74) is 15.8. The third kappa shape index (κ3) is 4.20. The highest BCUT2D eigenvalue weighted by atomic mass is 15.0. The van der Waals surface area contributed by atoms with Crippen molar-refractivity contribution in [3.05, 3.63) is 222 Å². The molecule has 0 fully saturated rings. The summed E-state index contributed by atoms with van der Waals surface area (Å²) in [6, 6.07) is 73.5. The fraction of sp³-hybridized carbons (Fsp3) is 0.0204. The number of hydrogen-bond donors (Lipinski definition) is 0. The van der Waals surface area contributed by atoms with Crippen LogP contribution in [0.2, 0.25) is 0 Å². The van der Waals surface area contributed by atoms with E-state index in [1.807, 2.05) is 0 Å². The summed E-state index contributed by atoms with van der Waals surface area (Å²) >= 11 is 0. The van der Waals surface area contributed by atoms with Crippen LogP contribution in [0.25, 0.3) is 60.9 Å². The standard InChI is InChI=1S/C49H33N/c1-4-15-34(16-5-1)36-27-29-47-43(31-36)44-32-37(35-17-6-2-7-18-35)28-30-48(44)50(47)40-22-14-21-39(33-40)49(38-19-8-3-9-20-38)45-25-12-10-23-41(45)42-24-11-13-26-46(42)49/h1-33H. The first kappa shape index (κ1) is 28.6. The van der Waals surface area contributed by atoms with Gasteiger partial charge in [0.2, 0.25) is 0 Å². The summed E-state index contributed by atoms with van der Waals surface area (Å²) in [6.45, 7) is 0. The molecule has 1 aliphatic rings. The first-order chi connectivity index (χ1) is 24.8. The van der Waals surface area contributed by atoms with Crippen LogP contribution >= 0.6 is 0 Å². The minimum absolute atomic E-state index is 0.454. The van der Waals surface area contributed by atoms with Crippen molar-refractivity contribution in [2.45, 2.75) is 5.41 Å². The van der Waals surface area contributed by atoms with Crippen LogP contribution in [-0.4, -0.2) is 4.57 Å². The molecular formula is C49H33N. The largest absolute Gasteiger partial charge is 0.309 e. The van der Waals surface area contributed by atoms with Crippen molar-refractivity contribution >= 4 is 21.8 Å². The van der Waals surface area contributed by atoms with Crippen LogP contribution in [0.15, 0.2) is 200 Å². The van der Waals surface area contributed by atoms with E-state index in [2.05, 4.69) is 205 Å². The SMILES string of the molecule is c1ccc(-c2ccc3c(c2)c2cc(-c4ccccc4)ccc2n3-c2cccc(C3(c4ccccc4)c4ccccc4-c4ccccc43)c2)cc1. The third-order valence-corrected chi connectivity index (χ3v) is 10.7. The van der Waals surface area contributed by atoms with Crippen LogP contribution in [0.4, 0.5) is 0 Å². The maximum absolute atomic E-state index is 2.46. The van der Waals surface area contributed by atoms with Crippen molar-refractivity contribution < 1.29 is 0 Å². The second-order valence-electron chi connectivity index (χ2n) is 13.3. The molecule has 50 heavy (non-hydrogen) atoms. The van der Waals surface area contributed by atoms with E-state index in [1.54, 1.807) is 0 Å². The van der Waals surface area contributed by atoms with E-state index < -0.39 is 5.41 Å². The normalized spacial score (nSPS) is 13.0. The van der Waals surface area contributed by atoms with E-state index in [0.29, 0.717) is 0 Å². The number of aromatic nitrogens is 1. The monoisotopic (exact) mass is 635 g/mol. The topological polar surface area (TPSA) is 4.93 Å². The maximum atomic E-state index is 2.46. The molecule has 1 aromatic heterocycles. The molecule has 0 radical (unpaired) electrons. The predicted octanol–water partition coefficient (Wildman–Crippen LogP) is 12.5. The molecular weight excluding hydrogens is 603 g/mol. The minimum Gasteiger partial charge on any atom is -0.309 e. The zero-order chi connectivity index (χ0) is 33.1. The Balaban J connectivity index is 1.25. The molecule has 0 spiro atoms. The Morgan fingerprint density at radius 1 is 0.320 bits per heavy atom. The van der Waals surface area contributed by atoms with Gasteiger partial charge in [-0.05, 0) is 92.0 Å². The first-order valence-corrected chi connectivity index (χ1v) is 17.4. The van der Waals surface area contributed by atoms with Crippen LogP contribution in [0.5, 0.6) is 0 Å². The molecule has 0 aliphatic heterocycles. The summed E-state index contributed by atoms with van der Waals surface area (Å²) in [7, 11) is 0. The number of rotatable bonds is 5.